The summed E-state index contributed by atoms with van der Waals surface area (Å²) in [6.45, 7) is 5.78. The third-order valence-corrected chi connectivity index (χ3v) is 6.95. The van der Waals surface area contributed by atoms with Crippen LogP contribution in [0.5, 0.6) is 0 Å². The van der Waals surface area contributed by atoms with Gasteiger partial charge in [0.2, 0.25) is 5.91 Å². The molecule has 0 bridgehead atoms. The minimum atomic E-state index is -0.714. The number of amides is 4. The summed E-state index contributed by atoms with van der Waals surface area (Å²) in [6.07, 6.45) is 2.59. The number of fused-ring (bicyclic) bond motifs is 1. The molecule has 1 aliphatic rings. The molecule has 196 valence electrons. The maximum Gasteiger partial charge on any atom is 0.323 e. The van der Waals surface area contributed by atoms with Crippen molar-refractivity contribution in [3.63, 3.8) is 0 Å². The summed E-state index contributed by atoms with van der Waals surface area (Å²) in [5.74, 6) is -0.958. The van der Waals surface area contributed by atoms with E-state index < -0.39 is 23.9 Å². The highest BCUT2D eigenvalue weighted by atomic mass is 35.5. The minimum absolute atomic E-state index is 0.00866. The van der Waals surface area contributed by atoms with E-state index in [4.69, 9.17) is 17.3 Å². The Hall–Kier alpha value is -3.79. The van der Waals surface area contributed by atoms with Crippen LogP contribution in [-0.4, -0.2) is 53.1 Å². The molecule has 0 aliphatic carbocycles. The van der Waals surface area contributed by atoms with E-state index in [1.54, 1.807) is 36.4 Å². The second-order valence-electron chi connectivity index (χ2n) is 8.84. The van der Waals surface area contributed by atoms with Gasteiger partial charge in [-0.25, -0.2) is 14.0 Å². The van der Waals surface area contributed by atoms with Crippen LogP contribution in [0, 0.1) is 5.82 Å². The number of likely N-dealkylation sites (tertiary alicyclic amines) is 1. The normalized spacial score (nSPS) is 15.1. The maximum atomic E-state index is 14.7. The molecule has 37 heavy (non-hydrogen) atoms. The van der Waals surface area contributed by atoms with Crippen LogP contribution in [0.1, 0.15) is 32.3 Å². The lowest BCUT2D eigenvalue weighted by molar-refractivity contribution is -0.124. The lowest BCUT2D eigenvalue weighted by atomic mass is 10.1. The van der Waals surface area contributed by atoms with Gasteiger partial charge in [-0.05, 0) is 44.9 Å². The van der Waals surface area contributed by atoms with Crippen molar-refractivity contribution in [2.45, 2.75) is 39.3 Å². The number of nitrogens with two attached hydrogens (primary N) is 1. The molecular formula is C26H30ClFN6O3. The van der Waals surface area contributed by atoms with Gasteiger partial charge in [-0.1, -0.05) is 29.8 Å². The second-order valence-corrected chi connectivity index (χ2v) is 9.25. The van der Waals surface area contributed by atoms with E-state index in [1.165, 1.54) is 15.7 Å². The van der Waals surface area contributed by atoms with Crippen LogP contribution < -0.4 is 21.3 Å². The molecule has 4 amide bonds. The topological polar surface area (TPSA) is 113 Å². The monoisotopic (exact) mass is 528 g/mol. The first-order valence-corrected chi connectivity index (χ1v) is 12.6. The van der Waals surface area contributed by atoms with Gasteiger partial charge in [0, 0.05) is 49.0 Å². The number of para-hydroxylation sites is 1. The number of halogens is 2. The fourth-order valence-electron chi connectivity index (χ4n) is 4.76. The number of nitrogens with zero attached hydrogens (tertiary/aromatic N) is 3. The summed E-state index contributed by atoms with van der Waals surface area (Å²) >= 11 is 6.12. The van der Waals surface area contributed by atoms with Gasteiger partial charge >= 0.3 is 12.1 Å². The Morgan fingerprint density at radius 3 is 2.62 bits per heavy atom. The molecule has 4 rings (SSSR count). The molecule has 0 spiro atoms. The van der Waals surface area contributed by atoms with Gasteiger partial charge in [-0.15, -0.1) is 0 Å². The Labute approximate surface area is 219 Å². The van der Waals surface area contributed by atoms with Gasteiger partial charge < -0.3 is 26.2 Å². The molecule has 1 saturated heterocycles. The highest BCUT2D eigenvalue weighted by Gasteiger charge is 2.34. The van der Waals surface area contributed by atoms with Gasteiger partial charge in [0.1, 0.15) is 11.9 Å². The van der Waals surface area contributed by atoms with Crippen LogP contribution in [-0.2, 0) is 11.3 Å². The molecule has 1 aliphatic heterocycles. The fraction of sp³-hybridized carbons (Fsp3) is 0.346. The predicted octanol–water partition coefficient (Wildman–Crippen LogP) is 4.52. The van der Waals surface area contributed by atoms with Crippen LogP contribution in [0.3, 0.4) is 0 Å². The van der Waals surface area contributed by atoms with Crippen molar-refractivity contribution in [3.05, 3.63) is 59.0 Å². The molecule has 2 heterocycles. The number of carbonyl (C=O) groups is 3. The molecule has 3 aromatic rings. The summed E-state index contributed by atoms with van der Waals surface area (Å²) in [5, 5.41) is 6.21. The number of primary amides is 1. The number of aromatic nitrogens is 1. The van der Waals surface area contributed by atoms with Crippen molar-refractivity contribution in [2.75, 3.05) is 29.9 Å². The third kappa shape index (κ3) is 5.34. The zero-order valence-corrected chi connectivity index (χ0v) is 21.5. The molecule has 1 aromatic heterocycles. The molecule has 11 heteroatoms. The van der Waals surface area contributed by atoms with E-state index in [0.717, 1.165) is 18.8 Å². The first kappa shape index (κ1) is 26.3. The van der Waals surface area contributed by atoms with Crippen molar-refractivity contribution in [3.8, 4) is 0 Å². The van der Waals surface area contributed by atoms with Crippen LogP contribution in [0.15, 0.2) is 42.6 Å². The highest BCUT2D eigenvalue weighted by Crippen LogP contribution is 2.28. The lowest BCUT2D eigenvalue weighted by Crippen LogP contribution is -2.47. The Morgan fingerprint density at radius 1 is 1.19 bits per heavy atom. The van der Waals surface area contributed by atoms with Crippen molar-refractivity contribution in [1.82, 2.24) is 14.8 Å². The smallest absolute Gasteiger partial charge is 0.323 e. The SMILES string of the molecule is CCN(CC)c1cc(Cl)c(F)c(CNC(=O)[C@@H]2CCCN2C(=O)Nc2cn(C(N)=O)c3ccccc23)c1. The summed E-state index contributed by atoms with van der Waals surface area (Å²) in [7, 11) is 0. The largest absolute Gasteiger partial charge is 0.372 e. The average Bonchev–Trinajstić information content (AvgIpc) is 3.51. The average molecular weight is 529 g/mol. The first-order chi connectivity index (χ1) is 17.7. The van der Waals surface area contributed by atoms with E-state index in [0.29, 0.717) is 36.0 Å². The summed E-state index contributed by atoms with van der Waals surface area (Å²) in [4.78, 5) is 41.5. The van der Waals surface area contributed by atoms with Crippen LogP contribution in [0.4, 0.5) is 25.4 Å². The number of hydrogen-bond donors (Lipinski definition) is 3. The number of nitrogens with one attached hydrogen (secondary N) is 2. The number of urea groups is 1. The summed E-state index contributed by atoms with van der Waals surface area (Å²) < 4.78 is 16.0. The van der Waals surface area contributed by atoms with Gasteiger partial charge in [-0.2, -0.15) is 0 Å². The molecular weight excluding hydrogens is 499 g/mol. The van der Waals surface area contributed by atoms with Crippen LogP contribution in [0.2, 0.25) is 5.02 Å². The molecule has 2 aromatic carbocycles. The summed E-state index contributed by atoms with van der Waals surface area (Å²) in [5.41, 5.74) is 7.49. The molecule has 0 saturated carbocycles. The number of anilines is 2. The molecule has 1 fully saturated rings. The van der Waals surface area contributed by atoms with Gasteiger partial charge in [0.05, 0.1) is 16.2 Å². The molecule has 0 radical (unpaired) electrons. The first-order valence-electron chi connectivity index (χ1n) is 12.2. The zero-order valence-electron chi connectivity index (χ0n) is 20.8. The summed E-state index contributed by atoms with van der Waals surface area (Å²) in [6, 6.07) is 8.45. The van der Waals surface area contributed by atoms with E-state index in [1.807, 2.05) is 18.7 Å². The lowest BCUT2D eigenvalue weighted by Gasteiger charge is -2.25. The number of hydrogen-bond acceptors (Lipinski definition) is 4. The van der Waals surface area contributed by atoms with Crippen LogP contribution >= 0.6 is 11.6 Å². The van der Waals surface area contributed by atoms with Gasteiger partial charge in [0.25, 0.3) is 0 Å². The third-order valence-electron chi connectivity index (χ3n) is 6.68. The maximum absolute atomic E-state index is 14.7. The Balaban J connectivity index is 1.47. The fourth-order valence-corrected chi connectivity index (χ4v) is 4.99. The predicted molar refractivity (Wildman–Crippen MR) is 142 cm³/mol. The van der Waals surface area contributed by atoms with E-state index in [-0.39, 0.29) is 23.0 Å². The van der Waals surface area contributed by atoms with E-state index in [9.17, 15) is 18.8 Å². The number of carbonyl (C=O) groups excluding carboxylic acids is 3. The Kier molecular flexibility index (Phi) is 7.87. The van der Waals surface area contributed by atoms with Crippen molar-refractivity contribution in [2.24, 2.45) is 5.73 Å². The molecule has 1 atom stereocenters. The van der Waals surface area contributed by atoms with E-state index in [2.05, 4.69) is 10.6 Å². The standard InChI is InChI=1S/C26H30ClFN6O3/c1-3-32(4-2)17-12-16(23(28)19(27)13-17)14-30-24(35)22-10-7-11-33(22)26(37)31-20-15-34(25(29)36)21-9-6-5-8-18(20)21/h5-6,8-9,12-13,15,22H,3-4,7,10-11,14H2,1-2H3,(H2,29,36)(H,30,35)(H,31,37)/t22-/m0/s1. The van der Waals surface area contributed by atoms with Crippen molar-refractivity contribution >= 4 is 51.8 Å². The molecule has 0 unspecified atom stereocenters. The van der Waals surface area contributed by atoms with Gasteiger partial charge in [0.15, 0.2) is 0 Å². The highest BCUT2D eigenvalue weighted by molar-refractivity contribution is 6.31. The van der Waals surface area contributed by atoms with E-state index >= 15 is 0 Å². The van der Waals surface area contributed by atoms with Gasteiger partial charge in [-0.3, -0.25) is 9.36 Å². The quantitative estimate of drug-likeness (QED) is 0.418. The molecule has 9 nitrogen and oxygen atoms in total. The number of rotatable bonds is 7. The minimum Gasteiger partial charge on any atom is -0.372 e. The van der Waals surface area contributed by atoms with Crippen molar-refractivity contribution in [1.29, 1.82) is 0 Å². The van der Waals surface area contributed by atoms with Crippen LogP contribution in [0.25, 0.3) is 10.9 Å². The van der Waals surface area contributed by atoms with Crippen molar-refractivity contribution < 1.29 is 18.8 Å². The number of benzene rings is 2. The zero-order chi connectivity index (χ0) is 26.7. The second kappa shape index (κ2) is 11.1. The Bertz CT molecular complexity index is 1340. The molecule has 4 N–H and O–H groups in total. The Morgan fingerprint density at radius 2 is 1.92 bits per heavy atom.